The molecule has 0 aliphatic carbocycles. The lowest BCUT2D eigenvalue weighted by Gasteiger charge is -2.09. The zero-order valence-corrected chi connectivity index (χ0v) is 22.4. The van der Waals surface area contributed by atoms with Gasteiger partial charge in [-0.1, -0.05) is 18.2 Å². The lowest BCUT2D eigenvalue weighted by molar-refractivity contribution is -0.211. The molecular formula is C28H21F3N2O4S2. The zero-order valence-electron chi connectivity index (χ0n) is 20.7. The van der Waals surface area contributed by atoms with E-state index in [1.54, 1.807) is 30.3 Å². The van der Waals surface area contributed by atoms with E-state index < -0.39 is 17.7 Å². The molecule has 0 radical (unpaired) electrons. The van der Waals surface area contributed by atoms with Gasteiger partial charge < -0.3 is 4.74 Å². The Morgan fingerprint density at radius 3 is 2.54 bits per heavy atom. The van der Waals surface area contributed by atoms with Crippen LogP contribution in [0.2, 0.25) is 0 Å². The Balaban J connectivity index is 1.55. The Labute approximate surface area is 230 Å². The normalized spacial score (nSPS) is 11.1. The van der Waals surface area contributed by atoms with Crippen molar-refractivity contribution >= 4 is 29.1 Å². The maximum atomic E-state index is 13.0. The van der Waals surface area contributed by atoms with Gasteiger partial charge in [-0.25, -0.2) is 9.78 Å². The minimum absolute atomic E-state index is 0.121. The second kappa shape index (κ2) is 12.2. The van der Waals surface area contributed by atoms with E-state index in [1.165, 1.54) is 42.2 Å². The predicted molar refractivity (Wildman–Crippen MR) is 141 cm³/mol. The number of carbonyl (C=O) groups is 1. The van der Waals surface area contributed by atoms with Gasteiger partial charge in [0.15, 0.2) is 5.75 Å². The van der Waals surface area contributed by atoms with Crippen LogP contribution in [0.25, 0.3) is 10.6 Å². The molecule has 6 nitrogen and oxygen atoms in total. The van der Waals surface area contributed by atoms with Crippen LogP contribution in [0.1, 0.15) is 34.2 Å². The van der Waals surface area contributed by atoms with Crippen molar-refractivity contribution in [3.63, 3.8) is 0 Å². The smallest absolute Gasteiger partial charge is 0.416 e. The molecule has 1 heterocycles. The van der Waals surface area contributed by atoms with Gasteiger partial charge in [-0.3, -0.25) is 9.78 Å². The van der Waals surface area contributed by atoms with E-state index in [-0.39, 0.29) is 6.61 Å². The topological polar surface area (TPSA) is 81.4 Å². The van der Waals surface area contributed by atoms with Gasteiger partial charge in [0.25, 0.3) is 0 Å². The second-order valence-electron chi connectivity index (χ2n) is 8.27. The number of aromatic nitrogens is 1. The number of benzene rings is 3. The highest BCUT2D eigenvalue weighted by Gasteiger charge is 2.30. The molecule has 0 saturated heterocycles. The van der Waals surface area contributed by atoms with Gasteiger partial charge >= 0.3 is 12.1 Å². The lowest BCUT2D eigenvalue weighted by Crippen LogP contribution is -2.04. The lowest BCUT2D eigenvalue weighted by atomic mass is 10.1. The predicted octanol–water partition coefficient (Wildman–Crippen LogP) is 7.74. The highest BCUT2D eigenvalue weighted by atomic mass is 32.2. The number of thioether (sulfide) groups is 1. The minimum Gasteiger partial charge on any atom is -0.487 e. The average molecular weight is 571 g/mol. The molecule has 0 aliphatic rings. The van der Waals surface area contributed by atoms with Crippen molar-refractivity contribution < 1.29 is 32.5 Å². The fraction of sp³-hybridized carbons (Fsp3) is 0.179. The molecule has 0 atom stereocenters. The summed E-state index contributed by atoms with van der Waals surface area (Å²) in [4.78, 5) is 27.1. The summed E-state index contributed by atoms with van der Waals surface area (Å²) in [5, 5.41) is 9.71. The quantitative estimate of drug-likeness (QED) is 0.116. The van der Waals surface area contributed by atoms with E-state index in [0.717, 1.165) is 27.5 Å². The van der Waals surface area contributed by atoms with Gasteiger partial charge in [0.2, 0.25) is 0 Å². The Kier molecular flexibility index (Phi) is 8.79. The molecule has 3 aromatic carbocycles. The fourth-order valence-corrected chi connectivity index (χ4v) is 5.57. The third kappa shape index (κ3) is 7.52. The Morgan fingerprint density at radius 2 is 1.87 bits per heavy atom. The summed E-state index contributed by atoms with van der Waals surface area (Å²) >= 11 is 2.92. The molecule has 39 heavy (non-hydrogen) atoms. The monoisotopic (exact) mass is 570 g/mol. The van der Waals surface area contributed by atoms with Crippen LogP contribution in [0, 0.1) is 18.3 Å². The number of carbonyl (C=O) groups excluding carboxylic acids is 1. The SMILES string of the molecule is CC(=O)OOc1ccc(SCc2sc(-c3ccc(C(F)(F)F)cc3)nc2COc2cccc(C#N)c2)cc1C. The van der Waals surface area contributed by atoms with E-state index in [1.807, 2.05) is 19.1 Å². The Morgan fingerprint density at radius 1 is 1.10 bits per heavy atom. The number of alkyl halides is 3. The number of thiazole rings is 1. The summed E-state index contributed by atoms with van der Waals surface area (Å²) in [6.07, 6.45) is -4.42. The number of ether oxygens (including phenoxy) is 1. The molecule has 0 aliphatic heterocycles. The maximum Gasteiger partial charge on any atom is 0.416 e. The highest BCUT2D eigenvalue weighted by molar-refractivity contribution is 7.98. The number of hydrogen-bond donors (Lipinski definition) is 0. The molecule has 0 bridgehead atoms. The molecule has 0 spiro atoms. The first-order valence-electron chi connectivity index (χ1n) is 11.5. The summed E-state index contributed by atoms with van der Waals surface area (Å²) in [6.45, 7) is 3.19. The van der Waals surface area contributed by atoms with Crippen LogP contribution in [-0.2, 0) is 28.2 Å². The molecule has 0 saturated carbocycles. The van der Waals surface area contributed by atoms with E-state index in [2.05, 4.69) is 15.9 Å². The van der Waals surface area contributed by atoms with Crippen LogP contribution in [0.3, 0.4) is 0 Å². The summed E-state index contributed by atoms with van der Waals surface area (Å²) in [5.74, 6) is 0.899. The molecule has 11 heteroatoms. The van der Waals surface area contributed by atoms with Crippen molar-refractivity contribution in [2.75, 3.05) is 0 Å². The fourth-order valence-electron chi connectivity index (χ4n) is 3.40. The third-order valence-electron chi connectivity index (χ3n) is 5.34. The minimum atomic E-state index is -4.42. The average Bonchev–Trinajstić information content (AvgIpc) is 3.33. The standard InChI is InChI=1S/C28H21F3N2O4S2/c1-17-12-23(10-11-25(17)37-36-18(2)34)38-16-26-24(15-35-22-5-3-4-19(13-22)14-32)33-27(39-26)20-6-8-21(9-7-20)28(29,30)31/h3-13H,15-16H2,1-2H3. The van der Waals surface area contributed by atoms with E-state index in [0.29, 0.717) is 39.1 Å². The van der Waals surface area contributed by atoms with Crippen molar-refractivity contribution in [3.8, 4) is 28.1 Å². The number of nitriles is 1. The molecule has 0 amide bonds. The molecule has 4 aromatic rings. The van der Waals surface area contributed by atoms with Crippen LogP contribution >= 0.6 is 23.1 Å². The largest absolute Gasteiger partial charge is 0.487 e. The first kappa shape index (κ1) is 28.0. The van der Waals surface area contributed by atoms with E-state index >= 15 is 0 Å². The van der Waals surface area contributed by atoms with Crippen LogP contribution < -0.4 is 9.62 Å². The van der Waals surface area contributed by atoms with Crippen LogP contribution in [0.4, 0.5) is 13.2 Å². The highest BCUT2D eigenvalue weighted by Crippen LogP contribution is 2.36. The van der Waals surface area contributed by atoms with Crippen molar-refractivity contribution in [1.29, 1.82) is 5.26 Å². The van der Waals surface area contributed by atoms with Crippen molar-refractivity contribution in [3.05, 3.63) is 94.0 Å². The number of nitrogens with zero attached hydrogens (tertiary/aromatic N) is 2. The number of halogens is 3. The molecule has 1 aromatic heterocycles. The van der Waals surface area contributed by atoms with E-state index in [9.17, 15) is 18.0 Å². The summed E-state index contributed by atoms with van der Waals surface area (Å²) in [7, 11) is 0. The number of aryl methyl sites for hydroxylation is 1. The first-order chi connectivity index (χ1) is 18.6. The molecule has 0 fully saturated rings. The van der Waals surface area contributed by atoms with Gasteiger partial charge in [0.1, 0.15) is 17.4 Å². The van der Waals surface area contributed by atoms with Crippen LogP contribution in [0.5, 0.6) is 11.5 Å². The van der Waals surface area contributed by atoms with Gasteiger partial charge in [-0.15, -0.1) is 23.1 Å². The second-order valence-corrected chi connectivity index (χ2v) is 10.4. The van der Waals surface area contributed by atoms with Gasteiger partial charge in [-0.05, 0) is 61.0 Å². The van der Waals surface area contributed by atoms with Crippen LogP contribution in [-0.4, -0.2) is 11.0 Å². The van der Waals surface area contributed by atoms with Gasteiger partial charge in [0, 0.05) is 28.0 Å². The molecule has 0 N–H and O–H groups in total. The summed E-state index contributed by atoms with van der Waals surface area (Å²) < 4.78 is 44.9. The van der Waals surface area contributed by atoms with Crippen LogP contribution in [0.15, 0.2) is 71.6 Å². The summed E-state index contributed by atoms with van der Waals surface area (Å²) in [6, 6.07) is 19.1. The van der Waals surface area contributed by atoms with Gasteiger partial charge in [-0.2, -0.15) is 18.4 Å². The first-order valence-corrected chi connectivity index (χ1v) is 13.3. The Hall–Kier alpha value is -4.01. The zero-order chi connectivity index (χ0) is 28.0. The van der Waals surface area contributed by atoms with Crippen molar-refractivity contribution in [2.45, 2.75) is 37.3 Å². The molecule has 200 valence electrons. The van der Waals surface area contributed by atoms with E-state index in [4.69, 9.17) is 14.9 Å². The Bertz CT molecular complexity index is 1510. The maximum absolute atomic E-state index is 13.0. The van der Waals surface area contributed by atoms with Gasteiger partial charge in [0.05, 0.1) is 22.9 Å². The molecule has 0 unspecified atom stereocenters. The molecule has 4 rings (SSSR count). The number of rotatable bonds is 9. The summed E-state index contributed by atoms with van der Waals surface area (Å²) in [5.41, 5.74) is 1.73. The number of hydrogen-bond acceptors (Lipinski definition) is 8. The third-order valence-corrected chi connectivity index (χ3v) is 7.69. The van der Waals surface area contributed by atoms with Crippen molar-refractivity contribution in [2.24, 2.45) is 0 Å². The molecular weight excluding hydrogens is 549 g/mol. The van der Waals surface area contributed by atoms with Crippen molar-refractivity contribution in [1.82, 2.24) is 4.98 Å².